The summed E-state index contributed by atoms with van der Waals surface area (Å²) in [5.41, 5.74) is 1.00. The van der Waals surface area contributed by atoms with Crippen LogP contribution in [0.25, 0.3) is 0 Å². The van der Waals surface area contributed by atoms with Gasteiger partial charge in [-0.2, -0.15) is 12.7 Å². The molecule has 0 fully saturated rings. The molecule has 0 spiro atoms. The van der Waals surface area contributed by atoms with Crippen LogP contribution in [0.15, 0.2) is 78.9 Å². The van der Waals surface area contributed by atoms with E-state index >= 15 is 0 Å². The normalized spacial score (nSPS) is 12.1. The summed E-state index contributed by atoms with van der Waals surface area (Å²) in [6.07, 6.45) is 1.69. The Bertz CT molecular complexity index is 1400. The highest BCUT2D eigenvalue weighted by molar-refractivity contribution is 7.90. The van der Waals surface area contributed by atoms with Gasteiger partial charge in [0.15, 0.2) is 0 Å². The lowest BCUT2D eigenvalue weighted by Gasteiger charge is -2.34. The molecule has 0 aliphatic carbocycles. The van der Waals surface area contributed by atoms with Gasteiger partial charge in [-0.3, -0.25) is 9.59 Å². The van der Waals surface area contributed by atoms with Crippen LogP contribution in [0.5, 0.6) is 0 Å². The minimum atomic E-state index is -4.21. The SMILES string of the molecule is CCCCNC(=O)[C@H](Cc1ccccc1)N(Cc1ccccc1F)C(=O)CN(c1ccc(F)cc1)S(=O)(=O)N(C)C. The van der Waals surface area contributed by atoms with Gasteiger partial charge in [-0.1, -0.05) is 61.9 Å². The van der Waals surface area contributed by atoms with Crippen molar-refractivity contribution >= 4 is 27.7 Å². The minimum Gasteiger partial charge on any atom is -0.354 e. The Balaban J connectivity index is 2.08. The lowest BCUT2D eigenvalue weighted by atomic mass is 10.0. The maximum Gasteiger partial charge on any atom is 0.304 e. The first-order valence-electron chi connectivity index (χ1n) is 13.3. The summed E-state index contributed by atoms with van der Waals surface area (Å²) < 4.78 is 56.9. The molecule has 0 radical (unpaired) electrons. The molecular formula is C30H36F2N4O4S. The van der Waals surface area contributed by atoms with Gasteiger partial charge in [0, 0.05) is 39.2 Å². The first-order chi connectivity index (χ1) is 19.5. The van der Waals surface area contributed by atoms with Gasteiger partial charge in [0.05, 0.1) is 5.69 Å². The van der Waals surface area contributed by atoms with Crippen LogP contribution in [0.3, 0.4) is 0 Å². The number of rotatable bonds is 14. The molecular weight excluding hydrogens is 550 g/mol. The van der Waals surface area contributed by atoms with Gasteiger partial charge in [-0.25, -0.2) is 13.1 Å². The second-order valence-electron chi connectivity index (χ2n) is 9.74. The van der Waals surface area contributed by atoms with Crippen LogP contribution in [0.4, 0.5) is 14.5 Å². The number of carbonyl (C=O) groups excluding carboxylic acids is 2. The molecule has 3 rings (SSSR count). The van der Waals surface area contributed by atoms with Crippen molar-refractivity contribution in [2.45, 2.75) is 38.8 Å². The van der Waals surface area contributed by atoms with Gasteiger partial charge in [-0.15, -0.1) is 0 Å². The molecule has 1 atom stereocenters. The number of anilines is 1. The molecule has 41 heavy (non-hydrogen) atoms. The molecule has 0 heterocycles. The number of hydrogen-bond acceptors (Lipinski definition) is 4. The Kier molecular flexibility index (Phi) is 11.4. The van der Waals surface area contributed by atoms with Gasteiger partial charge in [0.25, 0.3) is 0 Å². The maximum atomic E-state index is 14.8. The van der Waals surface area contributed by atoms with Gasteiger partial charge in [0.1, 0.15) is 24.2 Å². The number of hydrogen-bond donors (Lipinski definition) is 1. The van der Waals surface area contributed by atoms with Crippen molar-refractivity contribution in [1.29, 1.82) is 0 Å². The summed E-state index contributed by atoms with van der Waals surface area (Å²) in [6, 6.07) is 18.6. The van der Waals surface area contributed by atoms with Crippen molar-refractivity contribution in [3.05, 3.63) is 102 Å². The van der Waals surface area contributed by atoms with Crippen molar-refractivity contribution in [2.24, 2.45) is 0 Å². The van der Waals surface area contributed by atoms with E-state index in [0.29, 0.717) is 6.54 Å². The van der Waals surface area contributed by atoms with E-state index in [-0.39, 0.29) is 24.2 Å². The second-order valence-corrected chi connectivity index (χ2v) is 11.8. The Morgan fingerprint density at radius 1 is 0.902 bits per heavy atom. The molecule has 0 saturated heterocycles. The molecule has 0 saturated carbocycles. The van der Waals surface area contributed by atoms with Crippen LogP contribution < -0.4 is 9.62 Å². The van der Waals surface area contributed by atoms with E-state index in [1.54, 1.807) is 6.07 Å². The van der Waals surface area contributed by atoms with Crippen LogP contribution >= 0.6 is 0 Å². The summed E-state index contributed by atoms with van der Waals surface area (Å²) in [6.45, 7) is 1.40. The molecule has 11 heteroatoms. The second kappa shape index (κ2) is 14.7. The summed E-state index contributed by atoms with van der Waals surface area (Å²) in [4.78, 5) is 28.8. The van der Waals surface area contributed by atoms with Crippen LogP contribution in [0.1, 0.15) is 30.9 Å². The van der Waals surface area contributed by atoms with Crippen molar-refractivity contribution in [1.82, 2.24) is 14.5 Å². The summed E-state index contributed by atoms with van der Waals surface area (Å²) in [7, 11) is -1.59. The molecule has 3 aromatic rings. The van der Waals surface area contributed by atoms with E-state index in [1.807, 2.05) is 37.3 Å². The standard InChI is InChI=1S/C30H36F2N4O4S/c1-4-5-19-33-30(38)28(20-23-11-7-6-8-12-23)35(21-24-13-9-10-14-27(24)32)29(37)22-36(41(39,40)34(2)3)26-17-15-25(31)16-18-26/h6-18,28H,4-5,19-22H2,1-3H3,(H,33,38)/t28-/m0/s1. The number of unbranched alkanes of at least 4 members (excludes halogenated alkanes) is 1. The zero-order valence-electron chi connectivity index (χ0n) is 23.5. The fraction of sp³-hybridized carbons (Fsp3) is 0.333. The Hall–Kier alpha value is -3.83. The quantitative estimate of drug-likeness (QED) is 0.288. The summed E-state index contributed by atoms with van der Waals surface area (Å²) in [5.74, 6) is -2.30. The van der Waals surface area contributed by atoms with E-state index in [4.69, 9.17) is 0 Å². The predicted octanol–water partition coefficient (Wildman–Crippen LogP) is 4.13. The van der Waals surface area contributed by atoms with Crippen molar-refractivity contribution < 1.29 is 26.8 Å². The predicted molar refractivity (Wildman–Crippen MR) is 155 cm³/mol. The van der Waals surface area contributed by atoms with E-state index in [2.05, 4.69) is 5.32 Å². The lowest BCUT2D eigenvalue weighted by molar-refractivity contribution is -0.140. The fourth-order valence-corrected chi connectivity index (χ4v) is 5.25. The highest BCUT2D eigenvalue weighted by Gasteiger charge is 2.35. The number of halogens is 2. The third-order valence-corrected chi connectivity index (χ3v) is 8.35. The van der Waals surface area contributed by atoms with Crippen molar-refractivity contribution in [3.63, 3.8) is 0 Å². The van der Waals surface area contributed by atoms with Crippen molar-refractivity contribution in [3.8, 4) is 0 Å². The molecule has 2 amide bonds. The molecule has 0 aromatic heterocycles. The highest BCUT2D eigenvalue weighted by Crippen LogP contribution is 2.22. The maximum absolute atomic E-state index is 14.8. The molecule has 0 aliphatic heterocycles. The first-order valence-corrected chi connectivity index (χ1v) is 14.7. The molecule has 8 nitrogen and oxygen atoms in total. The number of carbonyl (C=O) groups is 2. The van der Waals surface area contributed by atoms with Gasteiger partial charge in [-0.05, 0) is 42.3 Å². The molecule has 220 valence electrons. The van der Waals surface area contributed by atoms with Gasteiger partial charge >= 0.3 is 10.2 Å². The number of nitrogens with one attached hydrogen (secondary N) is 1. The first kappa shape index (κ1) is 31.7. The van der Waals surface area contributed by atoms with Crippen LogP contribution in [-0.2, 0) is 32.8 Å². The third-order valence-electron chi connectivity index (χ3n) is 6.53. The van der Waals surface area contributed by atoms with Crippen LogP contribution in [-0.4, -0.2) is 62.7 Å². The topological polar surface area (TPSA) is 90.0 Å². The molecule has 1 N–H and O–H groups in total. The van der Waals surface area contributed by atoms with E-state index in [9.17, 15) is 26.8 Å². The molecule has 0 unspecified atom stereocenters. The highest BCUT2D eigenvalue weighted by atomic mass is 32.2. The number of amides is 2. The molecule has 0 aliphatic rings. The molecule has 3 aromatic carbocycles. The average Bonchev–Trinajstić information content (AvgIpc) is 2.95. The molecule has 0 bridgehead atoms. The van der Waals surface area contributed by atoms with Gasteiger partial charge in [0.2, 0.25) is 11.8 Å². The Morgan fingerprint density at radius 2 is 1.54 bits per heavy atom. The van der Waals surface area contributed by atoms with Crippen LogP contribution in [0.2, 0.25) is 0 Å². The third kappa shape index (κ3) is 8.58. The largest absolute Gasteiger partial charge is 0.354 e. The van der Waals surface area contributed by atoms with Gasteiger partial charge < -0.3 is 10.2 Å². The zero-order valence-corrected chi connectivity index (χ0v) is 24.3. The number of benzene rings is 3. The van der Waals surface area contributed by atoms with Crippen LogP contribution in [0, 0.1) is 11.6 Å². The summed E-state index contributed by atoms with van der Waals surface area (Å²) >= 11 is 0. The van der Waals surface area contributed by atoms with E-state index in [1.165, 1.54) is 49.3 Å². The number of nitrogens with zero attached hydrogens (tertiary/aromatic N) is 3. The zero-order chi connectivity index (χ0) is 30.0. The van der Waals surface area contributed by atoms with E-state index in [0.717, 1.165) is 39.1 Å². The Labute approximate surface area is 240 Å². The summed E-state index contributed by atoms with van der Waals surface area (Å²) in [5, 5.41) is 2.87. The minimum absolute atomic E-state index is 0.0614. The Morgan fingerprint density at radius 3 is 2.15 bits per heavy atom. The fourth-order valence-electron chi connectivity index (χ4n) is 4.19. The monoisotopic (exact) mass is 586 g/mol. The smallest absolute Gasteiger partial charge is 0.304 e. The van der Waals surface area contributed by atoms with Crippen molar-refractivity contribution in [2.75, 3.05) is 31.5 Å². The van der Waals surface area contributed by atoms with E-state index < -0.39 is 46.2 Å². The lowest BCUT2D eigenvalue weighted by Crippen LogP contribution is -2.54. The average molecular weight is 587 g/mol.